The van der Waals surface area contributed by atoms with Crippen molar-refractivity contribution < 1.29 is 13.2 Å². The Bertz CT molecular complexity index is 504. The SMILES string of the molecule is CC(C)(CCC#N)CNc1cc(Cl)cc(C(F)(F)F)c1. The first kappa shape index (κ1) is 16.6. The zero-order valence-electron chi connectivity index (χ0n) is 11.3. The quantitative estimate of drug-likeness (QED) is 0.821. The second-order valence-corrected chi connectivity index (χ2v) is 5.84. The van der Waals surface area contributed by atoms with Gasteiger partial charge in [-0.2, -0.15) is 18.4 Å². The minimum absolute atomic E-state index is 0.0390. The van der Waals surface area contributed by atoms with Gasteiger partial charge in [-0.25, -0.2) is 0 Å². The fourth-order valence-electron chi connectivity index (χ4n) is 1.68. The summed E-state index contributed by atoms with van der Waals surface area (Å²) in [5.41, 5.74) is -0.631. The molecular weight excluding hydrogens is 289 g/mol. The number of hydrogen-bond donors (Lipinski definition) is 1. The molecule has 6 heteroatoms. The van der Waals surface area contributed by atoms with Gasteiger partial charge in [-0.3, -0.25) is 0 Å². The van der Waals surface area contributed by atoms with Crippen LogP contribution in [-0.4, -0.2) is 6.54 Å². The molecule has 0 unspecified atom stereocenters. The first-order valence-corrected chi connectivity index (χ1v) is 6.50. The molecule has 0 aromatic heterocycles. The van der Waals surface area contributed by atoms with Gasteiger partial charge in [-0.15, -0.1) is 0 Å². The second kappa shape index (κ2) is 6.36. The average molecular weight is 305 g/mol. The molecule has 0 amide bonds. The Labute approximate surface area is 121 Å². The van der Waals surface area contributed by atoms with Crippen molar-refractivity contribution in [1.82, 2.24) is 0 Å². The fourth-order valence-corrected chi connectivity index (χ4v) is 1.91. The van der Waals surface area contributed by atoms with E-state index in [-0.39, 0.29) is 10.4 Å². The van der Waals surface area contributed by atoms with Gasteiger partial charge in [0.25, 0.3) is 0 Å². The van der Waals surface area contributed by atoms with E-state index in [1.807, 2.05) is 13.8 Å². The van der Waals surface area contributed by atoms with E-state index in [4.69, 9.17) is 16.9 Å². The minimum atomic E-state index is -4.42. The van der Waals surface area contributed by atoms with Crippen molar-refractivity contribution in [2.75, 3.05) is 11.9 Å². The molecule has 0 fully saturated rings. The van der Waals surface area contributed by atoms with Crippen molar-refractivity contribution in [3.05, 3.63) is 28.8 Å². The van der Waals surface area contributed by atoms with E-state index in [9.17, 15) is 13.2 Å². The summed E-state index contributed by atoms with van der Waals surface area (Å²) in [6, 6.07) is 5.45. The molecule has 0 bridgehead atoms. The van der Waals surface area contributed by atoms with Gasteiger partial charge in [0.15, 0.2) is 0 Å². The third kappa shape index (κ3) is 5.30. The summed E-state index contributed by atoms with van der Waals surface area (Å²) in [4.78, 5) is 0. The van der Waals surface area contributed by atoms with Crippen LogP contribution in [0.25, 0.3) is 0 Å². The third-order valence-corrected chi connectivity index (χ3v) is 3.13. The number of rotatable bonds is 5. The highest BCUT2D eigenvalue weighted by Gasteiger charge is 2.31. The van der Waals surface area contributed by atoms with Gasteiger partial charge in [0.2, 0.25) is 0 Å². The standard InChI is InChI=1S/C14H16ClF3N2/c1-13(2,4-3-5-19)9-20-12-7-10(14(16,17)18)6-11(15)8-12/h6-8,20H,3-4,9H2,1-2H3. The summed E-state index contributed by atoms with van der Waals surface area (Å²) >= 11 is 5.71. The van der Waals surface area contributed by atoms with Gasteiger partial charge in [-0.1, -0.05) is 25.4 Å². The number of nitrogens with zero attached hydrogens (tertiary/aromatic N) is 1. The van der Waals surface area contributed by atoms with Crippen LogP contribution in [0.15, 0.2) is 18.2 Å². The van der Waals surface area contributed by atoms with Gasteiger partial charge < -0.3 is 5.32 Å². The van der Waals surface area contributed by atoms with Crippen LogP contribution in [0.3, 0.4) is 0 Å². The van der Waals surface area contributed by atoms with Crippen LogP contribution in [0.4, 0.5) is 18.9 Å². The summed E-state index contributed by atoms with van der Waals surface area (Å²) in [5, 5.41) is 11.6. The first-order chi connectivity index (χ1) is 9.14. The molecule has 1 N–H and O–H groups in total. The number of alkyl halides is 3. The Morgan fingerprint density at radius 3 is 2.45 bits per heavy atom. The van der Waals surface area contributed by atoms with E-state index in [0.29, 0.717) is 25.1 Å². The number of halogens is 4. The zero-order chi connectivity index (χ0) is 15.4. The minimum Gasteiger partial charge on any atom is -0.384 e. The van der Waals surface area contributed by atoms with Gasteiger partial charge in [-0.05, 0) is 30.0 Å². The van der Waals surface area contributed by atoms with Crippen molar-refractivity contribution in [2.24, 2.45) is 5.41 Å². The Hall–Kier alpha value is -1.41. The Morgan fingerprint density at radius 2 is 1.90 bits per heavy atom. The molecule has 0 saturated heterocycles. The summed E-state index contributed by atoms with van der Waals surface area (Å²) in [5.74, 6) is 0. The maximum Gasteiger partial charge on any atom is 0.416 e. The molecule has 0 aliphatic carbocycles. The lowest BCUT2D eigenvalue weighted by Gasteiger charge is -2.24. The number of hydrogen-bond acceptors (Lipinski definition) is 2. The molecule has 0 aliphatic heterocycles. The molecule has 1 rings (SSSR count). The summed E-state index contributed by atoms with van der Waals surface area (Å²) < 4.78 is 38.0. The van der Waals surface area contributed by atoms with Crippen molar-refractivity contribution in [3.8, 4) is 6.07 Å². The van der Waals surface area contributed by atoms with Crippen molar-refractivity contribution in [1.29, 1.82) is 5.26 Å². The number of nitriles is 1. The first-order valence-electron chi connectivity index (χ1n) is 6.13. The van der Waals surface area contributed by atoms with Crippen LogP contribution < -0.4 is 5.32 Å². The van der Waals surface area contributed by atoms with Crippen LogP contribution in [0, 0.1) is 16.7 Å². The Morgan fingerprint density at radius 1 is 1.25 bits per heavy atom. The van der Waals surface area contributed by atoms with Gasteiger partial charge in [0, 0.05) is 23.7 Å². The average Bonchev–Trinajstić information content (AvgIpc) is 2.32. The third-order valence-electron chi connectivity index (χ3n) is 2.91. The Balaban J connectivity index is 2.79. The highest BCUT2D eigenvalue weighted by molar-refractivity contribution is 6.30. The summed E-state index contributed by atoms with van der Waals surface area (Å²) in [6.07, 6.45) is -3.33. The number of anilines is 1. The number of benzene rings is 1. The van der Waals surface area contributed by atoms with Crippen LogP contribution in [-0.2, 0) is 6.18 Å². The van der Waals surface area contributed by atoms with Crippen molar-refractivity contribution >= 4 is 17.3 Å². The lowest BCUT2D eigenvalue weighted by atomic mass is 9.88. The maximum absolute atomic E-state index is 12.7. The predicted molar refractivity (Wildman–Crippen MR) is 73.6 cm³/mol. The maximum atomic E-state index is 12.7. The normalized spacial score (nSPS) is 12.1. The number of nitrogens with one attached hydrogen (secondary N) is 1. The van der Waals surface area contributed by atoms with Crippen LogP contribution in [0.1, 0.15) is 32.3 Å². The van der Waals surface area contributed by atoms with E-state index in [1.54, 1.807) is 0 Å². The van der Waals surface area contributed by atoms with E-state index >= 15 is 0 Å². The summed E-state index contributed by atoms with van der Waals surface area (Å²) in [6.45, 7) is 4.37. The monoisotopic (exact) mass is 304 g/mol. The lowest BCUT2D eigenvalue weighted by Crippen LogP contribution is -2.23. The highest BCUT2D eigenvalue weighted by Crippen LogP contribution is 2.33. The molecule has 1 aromatic carbocycles. The molecule has 0 aliphatic rings. The van der Waals surface area contributed by atoms with E-state index in [1.165, 1.54) is 6.07 Å². The molecule has 0 atom stereocenters. The van der Waals surface area contributed by atoms with Crippen molar-refractivity contribution in [2.45, 2.75) is 32.9 Å². The lowest BCUT2D eigenvalue weighted by molar-refractivity contribution is -0.137. The molecule has 0 spiro atoms. The van der Waals surface area contributed by atoms with E-state index < -0.39 is 11.7 Å². The Kier molecular flexibility index (Phi) is 5.29. The molecular formula is C14H16ClF3N2. The van der Waals surface area contributed by atoms with E-state index in [2.05, 4.69) is 11.4 Å². The summed E-state index contributed by atoms with van der Waals surface area (Å²) in [7, 11) is 0. The van der Waals surface area contributed by atoms with Crippen LogP contribution >= 0.6 is 11.6 Å². The molecule has 110 valence electrons. The van der Waals surface area contributed by atoms with Crippen LogP contribution in [0.2, 0.25) is 5.02 Å². The fraction of sp³-hybridized carbons (Fsp3) is 0.500. The zero-order valence-corrected chi connectivity index (χ0v) is 12.1. The van der Waals surface area contributed by atoms with Gasteiger partial charge in [0.05, 0.1) is 11.6 Å². The molecule has 0 heterocycles. The van der Waals surface area contributed by atoms with Crippen molar-refractivity contribution in [3.63, 3.8) is 0 Å². The molecule has 20 heavy (non-hydrogen) atoms. The second-order valence-electron chi connectivity index (χ2n) is 5.40. The van der Waals surface area contributed by atoms with Crippen LogP contribution in [0.5, 0.6) is 0 Å². The van der Waals surface area contributed by atoms with Gasteiger partial charge in [0.1, 0.15) is 0 Å². The van der Waals surface area contributed by atoms with Gasteiger partial charge >= 0.3 is 6.18 Å². The molecule has 2 nitrogen and oxygen atoms in total. The largest absolute Gasteiger partial charge is 0.416 e. The molecule has 1 aromatic rings. The van der Waals surface area contributed by atoms with E-state index in [0.717, 1.165) is 12.1 Å². The highest BCUT2D eigenvalue weighted by atomic mass is 35.5. The molecule has 0 radical (unpaired) electrons. The smallest absolute Gasteiger partial charge is 0.384 e. The topological polar surface area (TPSA) is 35.8 Å². The molecule has 0 saturated carbocycles. The predicted octanol–water partition coefficient (Wildman–Crippen LogP) is 5.10.